The summed E-state index contributed by atoms with van der Waals surface area (Å²) in [5, 5.41) is 2.66. The van der Waals surface area contributed by atoms with Crippen LogP contribution in [0.2, 0.25) is 0 Å². The molecule has 0 unspecified atom stereocenters. The van der Waals surface area contributed by atoms with Crippen molar-refractivity contribution >= 4 is 11.6 Å². The molecular formula is C24H25FN4O2. The Bertz CT molecular complexity index is 1170. The molecule has 160 valence electrons. The number of halogens is 1. The van der Waals surface area contributed by atoms with Gasteiger partial charge in [0.25, 0.3) is 5.56 Å². The zero-order valence-electron chi connectivity index (χ0n) is 17.7. The van der Waals surface area contributed by atoms with E-state index in [0.717, 1.165) is 18.8 Å². The highest BCUT2D eigenvalue weighted by Gasteiger charge is 2.23. The van der Waals surface area contributed by atoms with Crippen molar-refractivity contribution in [2.24, 2.45) is 0 Å². The van der Waals surface area contributed by atoms with Crippen molar-refractivity contribution in [1.29, 1.82) is 0 Å². The SMILES string of the molecule is Cc1ccc(NC(=O)Cn2c(C)nc3c(c2=O)CN(Cc2ccccc2)CC3)cc1F. The molecule has 6 nitrogen and oxygen atoms in total. The molecule has 1 N–H and O–H groups in total. The minimum atomic E-state index is -0.396. The van der Waals surface area contributed by atoms with Gasteiger partial charge in [0, 0.05) is 31.7 Å². The molecule has 0 fully saturated rings. The summed E-state index contributed by atoms with van der Waals surface area (Å²) in [4.78, 5) is 32.5. The third-order valence-electron chi connectivity index (χ3n) is 5.59. The molecule has 0 bridgehead atoms. The molecule has 0 saturated heterocycles. The van der Waals surface area contributed by atoms with Gasteiger partial charge in [-0.2, -0.15) is 0 Å². The number of aryl methyl sites for hydroxylation is 2. The Hall–Kier alpha value is -3.32. The minimum Gasteiger partial charge on any atom is -0.324 e. The van der Waals surface area contributed by atoms with Gasteiger partial charge in [-0.15, -0.1) is 0 Å². The van der Waals surface area contributed by atoms with Crippen LogP contribution in [0.3, 0.4) is 0 Å². The fraction of sp³-hybridized carbons (Fsp3) is 0.292. The quantitative estimate of drug-likeness (QED) is 0.688. The fourth-order valence-electron chi connectivity index (χ4n) is 3.87. The lowest BCUT2D eigenvalue weighted by molar-refractivity contribution is -0.116. The van der Waals surface area contributed by atoms with Crippen molar-refractivity contribution in [2.45, 2.75) is 39.9 Å². The molecule has 1 amide bonds. The molecule has 7 heteroatoms. The van der Waals surface area contributed by atoms with E-state index in [1.165, 1.54) is 16.2 Å². The fourth-order valence-corrected chi connectivity index (χ4v) is 3.87. The van der Waals surface area contributed by atoms with E-state index >= 15 is 0 Å². The van der Waals surface area contributed by atoms with E-state index in [9.17, 15) is 14.0 Å². The zero-order chi connectivity index (χ0) is 22.0. The number of amides is 1. The second-order valence-corrected chi connectivity index (χ2v) is 7.93. The van der Waals surface area contributed by atoms with Gasteiger partial charge in [0.05, 0.1) is 11.3 Å². The Morgan fingerprint density at radius 2 is 1.94 bits per heavy atom. The van der Waals surface area contributed by atoms with Gasteiger partial charge in [0.15, 0.2) is 0 Å². The van der Waals surface area contributed by atoms with E-state index in [1.807, 2.05) is 18.2 Å². The van der Waals surface area contributed by atoms with Crippen LogP contribution < -0.4 is 10.9 Å². The van der Waals surface area contributed by atoms with Crippen molar-refractivity contribution < 1.29 is 9.18 Å². The van der Waals surface area contributed by atoms with Gasteiger partial charge in [-0.1, -0.05) is 36.4 Å². The lowest BCUT2D eigenvalue weighted by atomic mass is 10.1. The van der Waals surface area contributed by atoms with Crippen LogP contribution >= 0.6 is 0 Å². The van der Waals surface area contributed by atoms with Crippen LogP contribution in [0.5, 0.6) is 0 Å². The summed E-state index contributed by atoms with van der Waals surface area (Å²) in [5.41, 5.74) is 3.32. The molecule has 0 spiro atoms. The van der Waals surface area contributed by atoms with Crippen molar-refractivity contribution in [1.82, 2.24) is 14.5 Å². The number of rotatable bonds is 5. The number of aromatic nitrogens is 2. The zero-order valence-corrected chi connectivity index (χ0v) is 17.7. The van der Waals surface area contributed by atoms with Gasteiger partial charge >= 0.3 is 0 Å². The molecule has 0 saturated carbocycles. The molecule has 1 aliphatic heterocycles. The first-order valence-electron chi connectivity index (χ1n) is 10.3. The maximum atomic E-state index is 13.7. The van der Waals surface area contributed by atoms with Gasteiger partial charge < -0.3 is 5.32 Å². The second-order valence-electron chi connectivity index (χ2n) is 7.93. The molecule has 4 rings (SSSR count). The first kappa shape index (κ1) is 20.9. The number of hydrogen-bond donors (Lipinski definition) is 1. The third-order valence-corrected chi connectivity index (χ3v) is 5.59. The van der Waals surface area contributed by atoms with Crippen LogP contribution in [0.25, 0.3) is 0 Å². The van der Waals surface area contributed by atoms with Gasteiger partial charge in [0.1, 0.15) is 18.2 Å². The normalized spacial score (nSPS) is 13.6. The van der Waals surface area contributed by atoms with Gasteiger partial charge in [-0.3, -0.25) is 19.1 Å². The number of carbonyl (C=O) groups excluding carboxylic acids is 1. The largest absolute Gasteiger partial charge is 0.324 e. The highest BCUT2D eigenvalue weighted by molar-refractivity contribution is 5.90. The van der Waals surface area contributed by atoms with Gasteiger partial charge in [-0.05, 0) is 37.1 Å². The van der Waals surface area contributed by atoms with Crippen LogP contribution in [0.1, 0.15) is 28.2 Å². The number of nitrogens with zero attached hydrogens (tertiary/aromatic N) is 3. The van der Waals surface area contributed by atoms with Gasteiger partial charge in [0.2, 0.25) is 5.91 Å². The first-order chi connectivity index (χ1) is 14.9. The summed E-state index contributed by atoms with van der Waals surface area (Å²) in [6.07, 6.45) is 0.702. The van der Waals surface area contributed by atoms with E-state index in [0.29, 0.717) is 35.6 Å². The Morgan fingerprint density at radius 1 is 1.16 bits per heavy atom. The van der Waals surface area contributed by atoms with Crippen LogP contribution in [0, 0.1) is 19.7 Å². The summed E-state index contributed by atoms with van der Waals surface area (Å²) in [5.74, 6) is -0.280. The van der Waals surface area contributed by atoms with Crippen molar-refractivity contribution in [3.05, 3.63) is 92.9 Å². The molecule has 1 aromatic heterocycles. The minimum absolute atomic E-state index is 0.168. The summed E-state index contributed by atoms with van der Waals surface area (Å²) < 4.78 is 15.1. The molecule has 3 aromatic rings. The lowest BCUT2D eigenvalue weighted by Crippen LogP contribution is -2.39. The summed E-state index contributed by atoms with van der Waals surface area (Å²) >= 11 is 0. The van der Waals surface area contributed by atoms with Crippen LogP contribution in [0.4, 0.5) is 10.1 Å². The number of carbonyl (C=O) groups is 1. The maximum absolute atomic E-state index is 13.7. The number of fused-ring (bicyclic) bond motifs is 1. The highest BCUT2D eigenvalue weighted by atomic mass is 19.1. The number of anilines is 1. The molecule has 2 aromatic carbocycles. The molecule has 0 radical (unpaired) electrons. The third kappa shape index (κ3) is 4.72. The molecule has 31 heavy (non-hydrogen) atoms. The van der Waals surface area contributed by atoms with E-state index in [2.05, 4.69) is 27.3 Å². The monoisotopic (exact) mass is 420 g/mol. The number of benzene rings is 2. The van der Waals surface area contributed by atoms with Gasteiger partial charge in [-0.25, -0.2) is 9.37 Å². The average molecular weight is 420 g/mol. The van der Waals surface area contributed by atoms with Crippen LogP contribution in [-0.4, -0.2) is 26.9 Å². The topological polar surface area (TPSA) is 67.2 Å². The van der Waals surface area contributed by atoms with E-state index < -0.39 is 5.91 Å². The average Bonchev–Trinajstić information content (AvgIpc) is 2.75. The first-order valence-corrected chi connectivity index (χ1v) is 10.3. The lowest BCUT2D eigenvalue weighted by Gasteiger charge is -2.28. The molecule has 0 aliphatic carbocycles. The Kier molecular flexibility index (Phi) is 5.95. The predicted molar refractivity (Wildman–Crippen MR) is 117 cm³/mol. The molecule has 1 aliphatic rings. The highest BCUT2D eigenvalue weighted by Crippen LogP contribution is 2.17. The number of nitrogens with one attached hydrogen (secondary N) is 1. The van der Waals surface area contributed by atoms with Crippen molar-refractivity contribution in [3.63, 3.8) is 0 Å². The smallest absolute Gasteiger partial charge is 0.258 e. The Morgan fingerprint density at radius 3 is 2.68 bits per heavy atom. The Labute approximate surface area is 180 Å². The number of hydrogen-bond acceptors (Lipinski definition) is 4. The molecule has 0 atom stereocenters. The standard InChI is InChI=1S/C24H25FN4O2/c1-16-8-9-19(12-21(16)25)27-23(30)15-29-17(2)26-22-10-11-28(14-20(22)24(29)31)13-18-6-4-3-5-7-18/h3-9,12H,10-11,13-15H2,1-2H3,(H,27,30). The van der Waals surface area contributed by atoms with E-state index in [1.54, 1.807) is 26.0 Å². The summed E-state index contributed by atoms with van der Waals surface area (Å²) in [6, 6.07) is 14.6. The summed E-state index contributed by atoms with van der Waals surface area (Å²) in [7, 11) is 0. The Balaban J connectivity index is 1.51. The molecule has 2 heterocycles. The van der Waals surface area contributed by atoms with Crippen LogP contribution in [0.15, 0.2) is 53.3 Å². The maximum Gasteiger partial charge on any atom is 0.258 e. The summed E-state index contributed by atoms with van der Waals surface area (Å²) in [6.45, 7) is 5.31. The van der Waals surface area contributed by atoms with Crippen LogP contribution in [-0.2, 0) is 30.8 Å². The van der Waals surface area contributed by atoms with E-state index in [4.69, 9.17) is 0 Å². The van der Waals surface area contributed by atoms with Crippen molar-refractivity contribution in [2.75, 3.05) is 11.9 Å². The second kappa shape index (κ2) is 8.81. The predicted octanol–water partition coefficient (Wildman–Crippen LogP) is 3.20. The van der Waals surface area contributed by atoms with Crippen molar-refractivity contribution in [3.8, 4) is 0 Å². The molecular weight excluding hydrogens is 395 g/mol. The van der Waals surface area contributed by atoms with E-state index in [-0.39, 0.29) is 17.9 Å².